The lowest BCUT2D eigenvalue weighted by Gasteiger charge is -2.28. The molecular formula is C24H26N4O4. The van der Waals surface area contributed by atoms with E-state index in [4.69, 9.17) is 14.2 Å². The molecule has 166 valence electrons. The number of carbonyl (C=O) groups excluding carboxylic acids is 1. The minimum Gasteiger partial charge on any atom is -0.490 e. The Labute approximate surface area is 186 Å². The molecule has 0 unspecified atom stereocenters. The molecular weight excluding hydrogens is 408 g/mol. The Kier molecular flexibility index (Phi) is 6.39. The van der Waals surface area contributed by atoms with Gasteiger partial charge in [0.1, 0.15) is 19.0 Å². The van der Waals surface area contributed by atoms with Gasteiger partial charge < -0.3 is 19.5 Å². The average molecular weight is 434 g/mol. The van der Waals surface area contributed by atoms with E-state index in [1.165, 1.54) is 6.33 Å². The second-order valence-electron chi connectivity index (χ2n) is 7.23. The number of aromatic nitrogens is 3. The Hall–Kier alpha value is -3.81. The van der Waals surface area contributed by atoms with Gasteiger partial charge in [-0.1, -0.05) is 36.4 Å². The molecule has 1 atom stereocenters. The first-order chi connectivity index (χ1) is 15.6. The van der Waals surface area contributed by atoms with Crippen molar-refractivity contribution in [1.29, 1.82) is 0 Å². The van der Waals surface area contributed by atoms with Crippen molar-refractivity contribution in [3.63, 3.8) is 0 Å². The van der Waals surface area contributed by atoms with Crippen LogP contribution in [0.3, 0.4) is 0 Å². The molecule has 1 aliphatic heterocycles. The summed E-state index contributed by atoms with van der Waals surface area (Å²) in [6.45, 7) is 6.87. The Morgan fingerprint density at radius 3 is 2.56 bits per heavy atom. The summed E-state index contributed by atoms with van der Waals surface area (Å²) in [5, 5.41) is 7.52. The predicted molar refractivity (Wildman–Crippen MR) is 120 cm³/mol. The molecule has 0 amide bonds. The summed E-state index contributed by atoms with van der Waals surface area (Å²) in [4.78, 5) is 17.5. The standard InChI is InChI=1S/C24H26N4O4/c1-4-30-19-12-11-18(13-20(19)31-5-2)22-21(16(3)27-24-25-15-26-28(22)24)23(29)32-14-17-9-7-6-8-10-17/h6-13,15,22H,4-5,14H2,1-3H3,(H,25,26,27)/t22-/m1/s1. The molecule has 8 nitrogen and oxygen atoms in total. The van der Waals surface area contributed by atoms with Gasteiger partial charge in [0, 0.05) is 5.70 Å². The lowest BCUT2D eigenvalue weighted by molar-refractivity contribution is -0.140. The van der Waals surface area contributed by atoms with Crippen LogP contribution in [0.15, 0.2) is 66.1 Å². The van der Waals surface area contributed by atoms with Crippen molar-refractivity contribution >= 4 is 11.9 Å². The van der Waals surface area contributed by atoms with Crippen molar-refractivity contribution in [2.45, 2.75) is 33.4 Å². The third-order valence-electron chi connectivity index (χ3n) is 5.11. The van der Waals surface area contributed by atoms with Crippen molar-refractivity contribution < 1.29 is 19.0 Å². The minimum atomic E-state index is -0.521. The van der Waals surface area contributed by atoms with Gasteiger partial charge in [-0.3, -0.25) is 0 Å². The van der Waals surface area contributed by atoms with Crippen LogP contribution in [-0.2, 0) is 16.1 Å². The topological polar surface area (TPSA) is 87.5 Å². The van der Waals surface area contributed by atoms with Gasteiger partial charge in [0.2, 0.25) is 5.95 Å². The number of hydrogen-bond donors (Lipinski definition) is 1. The van der Waals surface area contributed by atoms with E-state index in [0.29, 0.717) is 41.9 Å². The second-order valence-corrected chi connectivity index (χ2v) is 7.23. The lowest BCUT2D eigenvalue weighted by Crippen LogP contribution is -2.29. The molecule has 1 N–H and O–H groups in total. The summed E-state index contributed by atoms with van der Waals surface area (Å²) in [7, 11) is 0. The minimum absolute atomic E-state index is 0.181. The van der Waals surface area contributed by atoms with Gasteiger partial charge in [0.15, 0.2) is 11.5 Å². The highest BCUT2D eigenvalue weighted by Gasteiger charge is 2.35. The fourth-order valence-electron chi connectivity index (χ4n) is 3.70. The largest absolute Gasteiger partial charge is 0.490 e. The number of allylic oxidation sites excluding steroid dienone is 1. The Morgan fingerprint density at radius 1 is 1.06 bits per heavy atom. The van der Waals surface area contributed by atoms with Crippen LogP contribution in [0, 0.1) is 0 Å². The number of nitrogens with zero attached hydrogens (tertiary/aromatic N) is 3. The zero-order valence-electron chi connectivity index (χ0n) is 18.4. The zero-order valence-corrected chi connectivity index (χ0v) is 18.4. The molecule has 32 heavy (non-hydrogen) atoms. The van der Waals surface area contributed by atoms with E-state index in [1.54, 1.807) is 4.68 Å². The number of anilines is 1. The molecule has 0 saturated carbocycles. The van der Waals surface area contributed by atoms with Crippen molar-refractivity contribution in [2.75, 3.05) is 18.5 Å². The first kappa shape index (κ1) is 21.4. The molecule has 0 spiro atoms. The van der Waals surface area contributed by atoms with Gasteiger partial charge in [-0.15, -0.1) is 0 Å². The van der Waals surface area contributed by atoms with Crippen molar-refractivity contribution in [2.24, 2.45) is 0 Å². The molecule has 2 heterocycles. The number of fused-ring (bicyclic) bond motifs is 1. The Balaban J connectivity index is 1.70. The van der Waals surface area contributed by atoms with Crippen LogP contribution in [0.4, 0.5) is 5.95 Å². The third-order valence-corrected chi connectivity index (χ3v) is 5.11. The fourth-order valence-corrected chi connectivity index (χ4v) is 3.70. The lowest BCUT2D eigenvalue weighted by atomic mass is 9.95. The second kappa shape index (κ2) is 9.55. The molecule has 1 aliphatic rings. The van der Waals surface area contributed by atoms with Crippen LogP contribution in [0.1, 0.15) is 37.9 Å². The van der Waals surface area contributed by atoms with Crippen LogP contribution in [0.5, 0.6) is 11.5 Å². The van der Waals surface area contributed by atoms with Crippen LogP contribution >= 0.6 is 0 Å². The summed E-state index contributed by atoms with van der Waals surface area (Å²) in [5.74, 6) is 1.40. The van der Waals surface area contributed by atoms with Crippen molar-refractivity contribution in [3.8, 4) is 11.5 Å². The maximum atomic E-state index is 13.2. The Bertz CT molecular complexity index is 1120. The first-order valence-electron chi connectivity index (χ1n) is 10.6. The molecule has 0 bridgehead atoms. The number of esters is 1. The van der Waals surface area contributed by atoms with Crippen LogP contribution < -0.4 is 14.8 Å². The number of hydrogen-bond acceptors (Lipinski definition) is 7. The highest BCUT2D eigenvalue weighted by Crippen LogP contribution is 2.39. The Morgan fingerprint density at radius 2 is 1.81 bits per heavy atom. The molecule has 4 rings (SSSR count). The zero-order chi connectivity index (χ0) is 22.5. The van der Waals surface area contributed by atoms with Crippen LogP contribution in [0.2, 0.25) is 0 Å². The fraction of sp³-hybridized carbons (Fsp3) is 0.292. The molecule has 3 aromatic rings. The van der Waals surface area contributed by atoms with E-state index in [0.717, 1.165) is 11.1 Å². The van der Waals surface area contributed by atoms with Crippen LogP contribution in [-0.4, -0.2) is 33.9 Å². The SMILES string of the molecule is CCOc1ccc([C@@H]2C(C(=O)OCc3ccccc3)=C(C)Nc3ncnn32)cc1OCC. The molecule has 0 aliphatic carbocycles. The number of benzene rings is 2. The summed E-state index contributed by atoms with van der Waals surface area (Å²) >= 11 is 0. The summed E-state index contributed by atoms with van der Waals surface area (Å²) < 4.78 is 18.8. The average Bonchev–Trinajstić information content (AvgIpc) is 3.27. The van der Waals surface area contributed by atoms with Gasteiger partial charge in [-0.05, 0) is 44.0 Å². The quantitative estimate of drug-likeness (QED) is 0.534. The molecule has 1 aromatic heterocycles. The molecule has 0 fully saturated rings. The highest BCUT2D eigenvalue weighted by atomic mass is 16.5. The molecule has 0 radical (unpaired) electrons. The van der Waals surface area contributed by atoms with E-state index in [9.17, 15) is 4.79 Å². The van der Waals surface area contributed by atoms with E-state index < -0.39 is 12.0 Å². The van der Waals surface area contributed by atoms with E-state index >= 15 is 0 Å². The number of nitrogens with one attached hydrogen (secondary N) is 1. The van der Waals surface area contributed by atoms with E-state index in [-0.39, 0.29) is 6.61 Å². The monoisotopic (exact) mass is 434 g/mol. The molecule has 0 saturated heterocycles. The smallest absolute Gasteiger partial charge is 0.338 e. The van der Waals surface area contributed by atoms with Crippen LogP contribution in [0.25, 0.3) is 0 Å². The number of rotatable bonds is 8. The van der Waals surface area contributed by atoms with Gasteiger partial charge in [-0.25, -0.2) is 9.48 Å². The highest BCUT2D eigenvalue weighted by molar-refractivity contribution is 5.92. The summed E-state index contributed by atoms with van der Waals surface area (Å²) in [5.41, 5.74) is 2.86. The normalized spacial score (nSPS) is 15.0. The van der Waals surface area contributed by atoms with Crippen molar-refractivity contribution in [1.82, 2.24) is 14.8 Å². The van der Waals surface area contributed by atoms with E-state index in [1.807, 2.05) is 69.3 Å². The number of ether oxygens (including phenoxy) is 3. The maximum absolute atomic E-state index is 13.2. The third kappa shape index (κ3) is 4.30. The van der Waals surface area contributed by atoms with Gasteiger partial charge in [0.05, 0.1) is 18.8 Å². The van der Waals surface area contributed by atoms with Crippen molar-refractivity contribution in [3.05, 3.63) is 77.3 Å². The first-order valence-corrected chi connectivity index (χ1v) is 10.6. The van der Waals surface area contributed by atoms with Gasteiger partial charge in [0.25, 0.3) is 0 Å². The maximum Gasteiger partial charge on any atom is 0.338 e. The van der Waals surface area contributed by atoms with E-state index in [2.05, 4.69) is 15.4 Å². The summed E-state index contributed by atoms with van der Waals surface area (Å²) in [6, 6.07) is 14.7. The van der Waals surface area contributed by atoms with Gasteiger partial charge in [-0.2, -0.15) is 10.1 Å². The molecule has 2 aromatic carbocycles. The predicted octanol–water partition coefficient (Wildman–Crippen LogP) is 4.11. The summed E-state index contributed by atoms with van der Waals surface area (Å²) in [6.07, 6.45) is 1.46. The van der Waals surface area contributed by atoms with Gasteiger partial charge >= 0.3 is 5.97 Å². The molecule has 8 heteroatoms. The number of carbonyl (C=O) groups is 1.